The van der Waals surface area contributed by atoms with Crippen molar-refractivity contribution in [2.75, 3.05) is 11.1 Å². The number of para-hydroxylation sites is 1. The summed E-state index contributed by atoms with van der Waals surface area (Å²) in [5.74, 6) is -0.417. The molecule has 0 aliphatic rings. The number of hydrogen-bond donors (Lipinski definition) is 4. The van der Waals surface area contributed by atoms with E-state index >= 15 is 0 Å². The molecule has 0 bridgehead atoms. The Morgan fingerprint density at radius 2 is 1.86 bits per heavy atom. The zero-order chi connectivity index (χ0) is 25.3. The van der Waals surface area contributed by atoms with Gasteiger partial charge in [-0.1, -0.05) is 48.0 Å². The van der Waals surface area contributed by atoms with Gasteiger partial charge < -0.3 is 16.0 Å². The Bertz CT molecular complexity index is 1630. The van der Waals surface area contributed by atoms with Gasteiger partial charge in [0.15, 0.2) is 5.43 Å². The highest BCUT2D eigenvalue weighted by molar-refractivity contribution is 7.86. The van der Waals surface area contributed by atoms with Crippen LogP contribution in [-0.2, 0) is 10.1 Å². The van der Waals surface area contributed by atoms with Gasteiger partial charge in [0.2, 0.25) is 5.25 Å². The Kier molecular flexibility index (Phi) is 6.45. The number of nitrogens with two attached hydrogens (primary N) is 1. The molecule has 0 aliphatic carbocycles. The number of fused-ring (bicyclic) bond motifs is 1. The quantitative estimate of drug-likeness (QED) is 0.281. The molecule has 4 aromatic rings. The monoisotopic (exact) mass is 510 g/mol. The average molecular weight is 511 g/mol. The van der Waals surface area contributed by atoms with Gasteiger partial charge in [-0.2, -0.15) is 13.7 Å². The molecule has 0 aliphatic heterocycles. The maximum Gasteiger partial charge on any atom is 0.286 e. The Balaban J connectivity index is 1.93. The van der Waals surface area contributed by atoms with Gasteiger partial charge in [-0.3, -0.25) is 9.35 Å². The van der Waals surface area contributed by atoms with Gasteiger partial charge in [0, 0.05) is 10.9 Å². The van der Waals surface area contributed by atoms with Gasteiger partial charge in [-0.15, -0.1) is 0 Å². The Morgan fingerprint density at radius 1 is 1.14 bits per heavy atom. The smallest absolute Gasteiger partial charge is 0.286 e. The summed E-state index contributed by atoms with van der Waals surface area (Å²) in [4.78, 5) is 24.7. The van der Waals surface area contributed by atoms with Crippen molar-refractivity contribution in [1.29, 1.82) is 5.26 Å². The summed E-state index contributed by atoms with van der Waals surface area (Å²) in [6.45, 7) is 1.67. The Morgan fingerprint density at radius 3 is 2.51 bits per heavy atom. The highest BCUT2D eigenvalue weighted by Crippen LogP contribution is 2.34. The maximum atomic E-state index is 13.6. The Hall–Kier alpha value is -3.98. The lowest BCUT2D eigenvalue weighted by Crippen LogP contribution is -2.23. The third kappa shape index (κ3) is 4.54. The van der Waals surface area contributed by atoms with E-state index in [1.54, 1.807) is 25.1 Å². The molecule has 2 aromatic heterocycles. The first kappa shape index (κ1) is 24.2. The van der Waals surface area contributed by atoms with Crippen LogP contribution in [0.2, 0.25) is 5.02 Å². The fourth-order valence-electron chi connectivity index (χ4n) is 3.88. The number of nitrogens with one attached hydrogen (secondary N) is 2. The van der Waals surface area contributed by atoms with Crippen molar-refractivity contribution in [2.45, 2.75) is 18.2 Å². The van der Waals surface area contributed by atoms with Gasteiger partial charge in [0.25, 0.3) is 10.1 Å². The minimum absolute atomic E-state index is 0.112. The topological polar surface area (TPSA) is 175 Å². The zero-order valence-electron chi connectivity index (χ0n) is 18.2. The van der Waals surface area contributed by atoms with Crippen LogP contribution >= 0.6 is 11.6 Å². The summed E-state index contributed by atoms with van der Waals surface area (Å²) < 4.78 is 33.2. The zero-order valence-corrected chi connectivity index (χ0v) is 19.8. The summed E-state index contributed by atoms with van der Waals surface area (Å²) in [6.07, 6.45) is 1.08. The summed E-state index contributed by atoms with van der Waals surface area (Å²) in [5, 5.41) is 11.1. The summed E-state index contributed by atoms with van der Waals surface area (Å²) in [7, 11) is -4.85. The van der Waals surface area contributed by atoms with Crippen LogP contribution in [0.25, 0.3) is 22.2 Å². The molecule has 1 unspecified atom stereocenters. The van der Waals surface area contributed by atoms with E-state index in [0.717, 1.165) is 6.33 Å². The number of nitriles is 1. The second kappa shape index (κ2) is 9.34. The first-order valence-electron chi connectivity index (χ1n) is 10.3. The molecule has 0 spiro atoms. The van der Waals surface area contributed by atoms with Crippen molar-refractivity contribution in [3.63, 3.8) is 0 Å². The maximum absolute atomic E-state index is 13.6. The van der Waals surface area contributed by atoms with E-state index in [0.29, 0.717) is 32.7 Å². The molecule has 2 heterocycles. The van der Waals surface area contributed by atoms with Crippen LogP contribution in [-0.4, -0.2) is 27.9 Å². The van der Waals surface area contributed by atoms with Crippen molar-refractivity contribution in [2.24, 2.45) is 0 Å². The van der Waals surface area contributed by atoms with Gasteiger partial charge in [-0.25, -0.2) is 9.97 Å². The molecule has 5 N–H and O–H groups in total. The van der Waals surface area contributed by atoms with E-state index in [1.165, 1.54) is 6.07 Å². The summed E-state index contributed by atoms with van der Waals surface area (Å²) >= 11 is 6.35. The molecule has 0 amide bonds. The van der Waals surface area contributed by atoms with E-state index < -0.39 is 21.4 Å². The molecule has 0 saturated carbocycles. The lowest BCUT2D eigenvalue weighted by atomic mass is 9.97. The molecule has 0 saturated heterocycles. The minimum Gasteiger partial charge on any atom is -0.383 e. The number of rotatable bonds is 6. The van der Waals surface area contributed by atoms with Gasteiger partial charge >= 0.3 is 0 Å². The molecule has 4 rings (SSSR count). The van der Waals surface area contributed by atoms with Gasteiger partial charge in [-0.05, 0) is 24.6 Å². The Labute approximate surface area is 205 Å². The van der Waals surface area contributed by atoms with Crippen LogP contribution in [0.3, 0.4) is 0 Å². The number of nitrogen functional groups attached to an aromatic ring is 1. The molecule has 12 heteroatoms. The minimum atomic E-state index is -4.85. The van der Waals surface area contributed by atoms with Crippen LogP contribution in [0.15, 0.2) is 59.7 Å². The molecule has 35 heavy (non-hydrogen) atoms. The van der Waals surface area contributed by atoms with Crippen LogP contribution in [0, 0.1) is 11.3 Å². The lowest BCUT2D eigenvalue weighted by molar-refractivity contribution is 0.477. The van der Waals surface area contributed by atoms with Crippen molar-refractivity contribution >= 4 is 44.3 Å². The fraction of sp³-hybridized carbons (Fsp3) is 0.130. The molecule has 10 nitrogen and oxygen atoms in total. The van der Waals surface area contributed by atoms with E-state index in [1.807, 2.05) is 30.3 Å². The van der Waals surface area contributed by atoms with Gasteiger partial charge in [0.05, 0.1) is 33.9 Å². The second-order valence-corrected chi connectivity index (χ2v) is 9.59. The van der Waals surface area contributed by atoms with Crippen LogP contribution in [0.5, 0.6) is 0 Å². The molecule has 178 valence electrons. The van der Waals surface area contributed by atoms with E-state index in [-0.39, 0.29) is 22.6 Å². The molecule has 0 radical (unpaired) electrons. The van der Waals surface area contributed by atoms with Crippen LogP contribution in [0.4, 0.5) is 11.6 Å². The number of H-pyrrole nitrogens is 1. The summed E-state index contributed by atoms with van der Waals surface area (Å²) in [5.41, 5.74) is 7.22. The fourth-order valence-corrected chi connectivity index (χ4v) is 4.76. The third-order valence-electron chi connectivity index (χ3n) is 5.46. The first-order valence-corrected chi connectivity index (χ1v) is 12.1. The highest BCUT2D eigenvalue weighted by atomic mass is 35.5. The van der Waals surface area contributed by atoms with E-state index in [2.05, 4.69) is 20.3 Å². The average Bonchev–Trinajstić information content (AvgIpc) is 2.81. The largest absolute Gasteiger partial charge is 0.383 e. The lowest BCUT2D eigenvalue weighted by Gasteiger charge is -2.21. The number of halogens is 1. The van der Waals surface area contributed by atoms with Crippen molar-refractivity contribution in [3.05, 3.63) is 81.2 Å². The molecule has 0 fully saturated rings. The van der Waals surface area contributed by atoms with Gasteiger partial charge in [0.1, 0.15) is 18.0 Å². The van der Waals surface area contributed by atoms with Crippen LogP contribution < -0.4 is 16.5 Å². The second-order valence-electron chi connectivity index (χ2n) is 7.68. The van der Waals surface area contributed by atoms with Crippen molar-refractivity contribution < 1.29 is 13.0 Å². The normalized spacial score (nSPS) is 13.2. The SMILES string of the molecule is CC(Nc1ncnc(N)c1[C@@H](C#N)S(=O)(=O)O)c1c(-c2ccccc2)[nH]c2c(Cl)cccc2c1=O. The molecular weight excluding hydrogens is 492 g/mol. The first-order chi connectivity index (χ1) is 16.6. The predicted octanol–water partition coefficient (Wildman–Crippen LogP) is 3.85. The molecule has 2 aromatic carbocycles. The number of nitrogens with zero attached hydrogens (tertiary/aromatic N) is 3. The van der Waals surface area contributed by atoms with E-state index in [4.69, 9.17) is 17.3 Å². The third-order valence-corrected chi connectivity index (χ3v) is 6.71. The van der Waals surface area contributed by atoms with Crippen LogP contribution in [0.1, 0.15) is 29.3 Å². The number of anilines is 2. The number of benzene rings is 2. The standard InChI is InChI=1S/C23H19ClN6O4S/c1-12(29-23-18(22(26)27-11-28-23)16(10-25)35(32,33)34)17-19(13-6-3-2-4-7-13)30-20-14(21(17)31)8-5-9-15(20)24/h2-9,11-12,16H,1H3,(H,30,31)(H,32,33,34)(H3,26,27,28,29)/t12?,16-/m1/s1. The predicted molar refractivity (Wildman–Crippen MR) is 133 cm³/mol. The highest BCUT2D eigenvalue weighted by Gasteiger charge is 2.32. The molecule has 2 atom stereocenters. The number of aromatic nitrogens is 3. The number of aromatic amines is 1. The molecular formula is C23H19ClN6O4S. The van der Waals surface area contributed by atoms with E-state index in [9.17, 15) is 23.0 Å². The number of hydrogen-bond acceptors (Lipinski definition) is 8. The van der Waals surface area contributed by atoms with Crippen molar-refractivity contribution in [1.82, 2.24) is 15.0 Å². The summed E-state index contributed by atoms with van der Waals surface area (Å²) in [6, 6.07) is 14.8. The number of pyridine rings is 1. The van der Waals surface area contributed by atoms with Crippen molar-refractivity contribution in [3.8, 4) is 17.3 Å².